The predicted molar refractivity (Wildman–Crippen MR) is 172 cm³/mol. The fraction of sp³-hybridized carbons (Fsp3) is 1.00. The van der Waals surface area contributed by atoms with Crippen molar-refractivity contribution >= 4 is 25.1 Å². The van der Waals surface area contributed by atoms with Crippen LogP contribution in [0.25, 0.3) is 0 Å². The normalized spacial score (nSPS) is 55.0. The van der Waals surface area contributed by atoms with Crippen LogP contribution in [0.4, 0.5) is 0 Å². The molecule has 42 heavy (non-hydrogen) atoms. The van der Waals surface area contributed by atoms with Crippen molar-refractivity contribution < 1.29 is 0 Å². The lowest BCUT2D eigenvalue weighted by molar-refractivity contribution is 0.167. The molecule has 4 aliphatic carbocycles. The van der Waals surface area contributed by atoms with E-state index in [2.05, 4.69) is 67.7 Å². The number of nitrogens with one attached hydrogen (secondary N) is 8. The van der Waals surface area contributed by atoms with E-state index in [1.54, 1.807) is 0 Å². The average Bonchev–Trinajstić information content (AvgIpc) is 3.78. The van der Waals surface area contributed by atoms with Crippen LogP contribution in [0.5, 0.6) is 0 Å². The molecule has 0 radical (unpaired) electrons. The molecule has 5 saturated heterocycles. The second kappa shape index (κ2) is 12.9. The molecule has 8 unspecified atom stereocenters. The number of halogens is 2. The zero-order valence-electron chi connectivity index (χ0n) is 25.3. The van der Waals surface area contributed by atoms with Crippen LogP contribution in [0.15, 0.2) is 0 Å². The molecule has 9 aliphatic rings. The molecule has 9 rings (SSSR count). The molecule has 10 heteroatoms. The second-order valence-corrected chi connectivity index (χ2v) is 15.6. The van der Waals surface area contributed by atoms with Crippen LogP contribution in [0, 0.1) is 47.3 Å². The largest absolute Gasteiger partial charge is 0.286 e. The first kappa shape index (κ1) is 29.8. The van der Waals surface area contributed by atoms with Gasteiger partial charge in [0.2, 0.25) is 0 Å². The summed E-state index contributed by atoms with van der Waals surface area (Å²) in [4.78, 5) is 0. The van der Waals surface area contributed by atoms with Crippen molar-refractivity contribution in [2.45, 2.75) is 152 Å². The topological polar surface area (TPSA) is 96.2 Å². The quantitative estimate of drug-likeness (QED) is 0.196. The molecule has 0 aromatic heterocycles. The molecule has 4 saturated carbocycles. The number of hydrogen-bond acceptors (Lipinski definition) is 8. The smallest absolute Gasteiger partial charge is 0.0628 e. The van der Waals surface area contributed by atoms with Crippen LogP contribution < -0.4 is 42.5 Å². The standard InChI is InChI=1S/C32H56N8.BrCl/c1-2-10-18-17(9-1)25-33-26(18)38-28-21-13-5-6-14-22(21)30(35-28)40-32-24-16-8-7-15-23(24)31(36-32)39-29-20-12-4-3-11-19(20)27(34-29)37-25;1-2/h17-40H,1-16H2;. The Morgan fingerprint density at radius 2 is 0.381 bits per heavy atom. The van der Waals surface area contributed by atoms with Gasteiger partial charge in [-0.15, -0.1) is 0 Å². The van der Waals surface area contributed by atoms with Crippen LogP contribution in [-0.2, 0) is 0 Å². The minimum Gasteiger partial charge on any atom is -0.286 e. The molecule has 8 atom stereocenters. The van der Waals surface area contributed by atoms with Crippen molar-refractivity contribution in [2.24, 2.45) is 47.3 Å². The Balaban J connectivity index is 0.00000131. The molecule has 0 spiro atoms. The van der Waals surface area contributed by atoms with E-state index in [1.165, 1.54) is 103 Å². The Hall–Kier alpha value is 0.450. The molecule has 5 aliphatic heterocycles. The van der Waals surface area contributed by atoms with Crippen LogP contribution in [-0.4, -0.2) is 49.3 Å². The van der Waals surface area contributed by atoms with Gasteiger partial charge in [-0.25, -0.2) is 0 Å². The van der Waals surface area contributed by atoms with E-state index in [-0.39, 0.29) is 0 Å². The maximum Gasteiger partial charge on any atom is 0.0628 e. The van der Waals surface area contributed by atoms with E-state index < -0.39 is 0 Å². The van der Waals surface area contributed by atoms with E-state index >= 15 is 0 Å². The Kier molecular flexibility index (Phi) is 9.18. The van der Waals surface area contributed by atoms with Gasteiger partial charge in [-0.1, -0.05) is 51.4 Å². The van der Waals surface area contributed by atoms with Crippen molar-refractivity contribution in [2.75, 3.05) is 0 Å². The van der Waals surface area contributed by atoms with Gasteiger partial charge in [0, 0.05) is 15.0 Å². The summed E-state index contributed by atoms with van der Waals surface area (Å²) >= 11 is 2.41. The van der Waals surface area contributed by atoms with E-state index in [4.69, 9.17) is 0 Å². The molecule has 0 amide bonds. The first-order chi connectivity index (χ1) is 20.8. The summed E-state index contributed by atoms with van der Waals surface area (Å²) in [5, 5.41) is 33.8. The van der Waals surface area contributed by atoms with E-state index in [9.17, 15) is 0 Å². The highest BCUT2D eigenvalue weighted by molar-refractivity contribution is 9.22. The molecular formula is C32H56BrClN8. The zero-order chi connectivity index (χ0) is 28.2. The number of rotatable bonds is 0. The van der Waals surface area contributed by atoms with E-state index in [1.807, 2.05) is 0 Å². The summed E-state index contributed by atoms with van der Waals surface area (Å²) < 4.78 is 0. The fourth-order valence-electron chi connectivity index (χ4n) is 12.0. The Morgan fingerprint density at radius 1 is 0.262 bits per heavy atom. The van der Waals surface area contributed by atoms with Crippen molar-refractivity contribution in [3.05, 3.63) is 0 Å². The number of fused-ring (bicyclic) bond motifs is 20. The summed E-state index contributed by atoms with van der Waals surface area (Å²) in [7, 11) is 4.45. The van der Waals surface area contributed by atoms with Crippen LogP contribution in [0.3, 0.4) is 0 Å². The molecule has 9 fully saturated rings. The third-order valence-corrected chi connectivity index (χ3v) is 13.8. The highest BCUT2D eigenvalue weighted by Gasteiger charge is 2.54. The van der Waals surface area contributed by atoms with Crippen LogP contribution in [0.1, 0.15) is 103 Å². The minimum atomic E-state index is 0.420. The first-order valence-corrected chi connectivity index (χ1v) is 20.1. The van der Waals surface area contributed by atoms with Gasteiger partial charge in [0.15, 0.2) is 0 Å². The third kappa shape index (κ3) is 5.35. The monoisotopic (exact) mass is 666 g/mol. The van der Waals surface area contributed by atoms with Gasteiger partial charge in [-0.3, -0.25) is 42.5 Å². The summed E-state index contributed by atoms with van der Waals surface area (Å²) in [5.74, 6) is 5.97. The molecule has 0 aromatic rings. The van der Waals surface area contributed by atoms with Gasteiger partial charge in [-0.2, -0.15) is 0 Å². The molecule has 5 heterocycles. The van der Waals surface area contributed by atoms with Gasteiger partial charge in [0.25, 0.3) is 0 Å². The SMILES string of the molecule is C1CCC2C3NC(NC4NC(NC5NC(NC6NC(N3)C3CCCCC63)C3CCCCC53)C3CCCCC43)C2C1.ClBr. The minimum absolute atomic E-state index is 0.420. The summed E-state index contributed by atoms with van der Waals surface area (Å²) in [6, 6.07) is 0. The maximum absolute atomic E-state index is 4.45. The molecule has 8 N–H and O–H groups in total. The van der Waals surface area contributed by atoms with Gasteiger partial charge < -0.3 is 0 Å². The highest BCUT2D eigenvalue weighted by Crippen LogP contribution is 2.45. The third-order valence-electron chi connectivity index (χ3n) is 13.8. The average molecular weight is 668 g/mol. The number of hydrogen-bond donors (Lipinski definition) is 8. The maximum atomic E-state index is 4.45. The zero-order valence-corrected chi connectivity index (χ0v) is 27.6. The van der Waals surface area contributed by atoms with Crippen LogP contribution >= 0.6 is 25.1 Å². The molecule has 0 aromatic carbocycles. The van der Waals surface area contributed by atoms with Crippen molar-refractivity contribution in [3.63, 3.8) is 0 Å². The summed E-state index contributed by atoms with van der Waals surface area (Å²) in [6.07, 6.45) is 25.6. The summed E-state index contributed by atoms with van der Waals surface area (Å²) in [5.41, 5.74) is 0. The van der Waals surface area contributed by atoms with E-state index in [0.29, 0.717) is 49.3 Å². The fourth-order valence-corrected chi connectivity index (χ4v) is 12.0. The van der Waals surface area contributed by atoms with Crippen molar-refractivity contribution in [1.29, 1.82) is 0 Å². The lowest BCUT2D eigenvalue weighted by Crippen LogP contribution is -2.61. The lowest BCUT2D eigenvalue weighted by atomic mass is 9.76. The Labute approximate surface area is 266 Å². The van der Waals surface area contributed by atoms with Gasteiger partial charge in [0.05, 0.1) is 49.3 Å². The first-order valence-electron chi connectivity index (χ1n) is 18.0. The van der Waals surface area contributed by atoms with Crippen molar-refractivity contribution in [1.82, 2.24) is 42.5 Å². The molecule has 8 nitrogen and oxygen atoms in total. The van der Waals surface area contributed by atoms with Gasteiger partial charge >= 0.3 is 0 Å². The molecular weight excluding hydrogens is 612 g/mol. The highest BCUT2D eigenvalue weighted by atomic mass is 79.9. The van der Waals surface area contributed by atoms with Gasteiger partial charge in [-0.05, 0) is 109 Å². The van der Waals surface area contributed by atoms with Gasteiger partial charge in [0.1, 0.15) is 0 Å². The van der Waals surface area contributed by atoms with Crippen molar-refractivity contribution in [3.8, 4) is 0 Å². The molecule has 238 valence electrons. The van der Waals surface area contributed by atoms with Crippen LogP contribution in [0.2, 0.25) is 0 Å². The second-order valence-electron chi connectivity index (χ2n) is 15.6. The Bertz CT molecular complexity index is 723. The summed E-state index contributed by atoms with van der Waals surface area (Å²) in [6.45, 7) is 0. The predicted octanol–water partition coefficient (Wildman–Crippen LogP) is 4.14. The lowest BCUT2D eigenvalue weighted by Gasteiger charge is -2.35. The molecule has 8 bridgehead atoms. The Morgan fingerprint density at radius 3 is 0.500 bits per heavy atom. The van der Waals surface area contributed by atoms with E-state index in [0.717, 1.165) is 47.3 Å².